The van der Waals surface area contributed by atoms with Gasteiger partial charge < -0.3 is 4.90 Å². The van der Waals surface area contributed by atoms with Crippen molar-refractivity contribution < 1.29 is 9.18 Å². The molecule has 0 spiro atoms. The lowest BCUT2D eigenvalue weighted by Gasteiger charge is -2.31. The maximum absolute atomic E-state index is 12.9. The molecule has 0 aliphatic heterocycles. The van der Waals surface area contributed by atoms with Crippen molar-refractivity contribution in [3.05, 3.63) is 35.6 Å². The van der Waals surface area contributed by atoms with Crippen molar-refractivity contribution in [2.24, 2.45) is 0 Å². The minimum Gasteiger partial charge on any atom is -0.343 e. The van der Waals surface area contributed by atoms with Gasteiger partial charge in [0.1, 0.15) is 5.82 Å². The number of halogens is 1. The van der Waals surface area contributed by atoms with Crippen LogP contribution in [-0.2, 0) is 10.2 Å². The van der Waals surface area contributed by atoms with E-state index in [0.29, 0.717) is 13.1 Å². The van der Waals surface area contributed by atoms with E-state index in [1.165, 1.54) is 12.1 Å². The molecule has 0 atom stereocenters. The van der Waals surface area contributed by atoms with Crippen molar-refractivity contribution in [1.29, 1.82) is 0 Å². The summed E-state index contributed by atoms with van der Waals surface area (Å²) in [5.41, 5.74) is 0.232. The van der Waals surface area contributed by atoms with Crippen LogP contribution in [0.1, 0.15) is 33.3 Å². The molecule has 1 aromatic carbocycles. The smallest absolute Gasteiger partial charge is 0.232 e. The van der Waals surface area contributed by atoms with E-state index in [1.54, 1.807) is 17.0 Å². The molecule has 0 heterocycles. The Morgan fingerprint density at radius 1 is 1.18 bits per heavy atom. The first-order chi connectivity index (χ1) is 7.93. The maximum atomic E-state index is 12.9. The fraction of sp³-hybridized carbons (Fsp3) is 0.500. The summed E-state index contributed by atoms with van der Waals surface area (Å²) in [6.45, 7) is 9.06. The summed E-state index contributed by atoms with van der Waals surface area (Å²) in [4.78, 5) is 14.1. The lowest BCUT2D eigenvalue weighted by Crippen LogP contribution is -2.43. The Hall–Kier alpha value is -1.38. The van der Waals surface area contributed by atoms with Crippen molar-refractivity contribution in [2.45, 2.75) is 33.1 Å². The molecule has 0 unspecified atom stereocenters. The number of amides is 1. The average molecular weight is 237 g/mol. The molecule has 17 heavy (non-hydrogen) atoms. The van der Waals surface area contributed by atoms with E-state index in [1.807, 2.05) is 27.7 Å². The molecule has 3 heteroatoms. The minimum absolute atomic E-state index is 0.0779. The second-order valence-corrected chi connectivity index (χ2v) is 4.61. The molecular weight excluding hydrogens is 217 g/mol. The van der Waals surface area contributed by atoms with Crippen LogP contribution in [-0.4, -0.2) is 23.9 Å². The average Bonchev–Trinajstić information content (AvgIpc) is 2.31. The normalized spacial score (nSPS) is 11.4. The molecule has 0 aromatic heterocycles. The third-order valence-electron chi connectivity index (χ3n) is 3.15. The number of carbonyl (C=O) groups is 1. The molecule has 0 aliphatic carbocycles. The lowest BCUT2D eigenvalue weighted by atomic mass is 9.83. The molecule has 0 fully saturated rings. The summed E-state index contributed by atoms with van der Waals surface area (Å²) < 4.78 is 12.9. The van der Waals surface area contributed by atoms with Gasteiger partial charge in [0.25, 0.3) is 0 Å². The molecule has 0 radical (unpaired) electrons. The van der Waals surface area contributed by atoms with E-state index < -0.39 is 5.41 Å². The number of carbonyl (C=O) groups excluding carboxylic acids is 1. The zero-order chi connectivity index (χ0) is 13.1. The van der Waals surface area contributed by atoms with Crippen LogP contribution in [0.15, 0.2) is 24.3 Å². The highest BCUT2D eigenvalue weighted by Crippen LogP contribution is 2.25. The van der Waals surface area contributed by atoms with Gasteiger partial charge in [-0.1, -0.05) is 12.1 Å². The Kier molecular flexibility index (Phi) is 4.27. The van der Waals surface area contributed by atoms with Crippen LogP contribution in [0.4, 0.5) is 4.39 Å². The second kappa shape index (κ2) is 5.30. The van der Waals surface area contributed by atoms with E-state index in [9.17, 15) is 9.18 Å². The molecule has 1 aromatic rings. The Morgan fingerprint density at radius 3 is 2.06 bits per heavy atom. The summed E-state index contributed by atoms with van der Waals surface area (Å²) in [5, 5.41) is 0. The molecule has 0 N–H and O–H groups in total. The second-order valence-electron chi connectivity index (χ2n) is 4.61. The van der Waals surface area contributed by atoms with Crippen LogP contribution in [0.5, 0.6) is 0 Å². The number of nitrogens with zero attached hydrogens (tertiary/aromatic N) is 1. The van der Waals surface area contributed by atoms with Crippen molar-refractivity contribution >= 4 is 5.91 Å². The molecule has 0 saturated heterocycles. The van der Waals surface area contributed by atoms with Gasteiger partial charge in [-0.25, -0.2) is 4.39 Å². The maximum Gasteiger partial charge on any atom is 0.232 e. The SMILES string of the molecule is CCN(CC)C(=O)C(C)(C)c1ccc(F)cc1. The highest BCUT2D eigenvalue weighted by atomic mass is 19.1. The van der Waals surface area contributed by atoms with Gasteiger partial charge in [0.2, 0.25) is 5.91 Å². The predicted molar refractivity (Wildman–Crippen MR) is 67.4 cm³/mol. The minimum atomic E-state index is -0.611. The van der Waals surface area contributed by atoms with Crippen LogP contribution in [0, 0.1) is 5.82 Å². The molecule has 0 bridgehead atoms. The fourth-order valence-electron chi connectivity index (χ4n) is 1.90. The summed E-state index contributed by atoms with van der Waals surface area (Å²) in [7, 11) is 0. The quantitative estimate of drug-likeness (QED) is 0.788. The predicted octanol–water partition coefficient (Wildman–Crippen LogP) is 2.97. The van der Waals surface area contributed by atoms with Gasteiger partial charge in [-0.15, -0.1) is 0 Å². The lowest BCUT2D eigenvalue weighted by molar-refractivity contribution is -0.135. The molecule has 94 valence electrons. The third kappa shape index (κ3) is 2.84. The highest BCUT2D eigenvalue weighted by Gasteiger charge is 2.32. The number of likely N-dealkylation sites (N-methyl/N-ethyl adjacent to an activating group) is 1. The van der Waals surface area contributed by atoms with Crippen LogP contribution in [0.3, 0.4) is 0 Å². The van der Waals surface area contributed by atoms with E-state index >= 15 is 0 Å². The van der Waals surface area contributed by atoms with Crippen LogP contribution in [0.25, 0.3) is 0 Å². The van der Waals surface area contributed by atoms with E-state index in [0.717, 1.165) is 5.56 Å². The Labute approximate surface area is 102 Å². The largest absolute Gasteiger partial charge is 0.343 e. The Bertz CT molecular complexity index is 380. The summed E-state index contributed by atoms with van der Waals surface area (Å²) >= 11 is 0. The number of hydrogen-bond donors (Lipinski definition) is 0. The molecule has 0 aliphatic rings. The highest BCUT2D eigenvalue weighted by molar-refractivity contribution is 5.87. The summed E-state index contributed by atoms with van der Waals surface area (Å²) in [5.74, 6) is -0.200. The first kappa shape index (κ1) is 13.7. The zero-order valence-corrected chi connectivity index (χ0v) is 11.0. The van der Waals surface area contributed by atoms with Gasteiger partial charge >= 0.3 is 0 Å². The standard InChI is InChI=1S/C14H20FNO/c1-5-16(6-2)13(17)14(3,4)11-7-9-12(15)10-8-11/h7-10H,5-6H2,1-4H3. The van der Waals surface area contributed by atoms with Crippen LogP contribution >= 0.6 is 0 Å². The monoisotopic (exact) mass is 237 g/mol. The Balaban J connectivity index is 3.01. The topological polar surface area (TPSA) is 20.3 Å². The number of benzene rings is 1. The van der Waals surface area contributed by atoms with Gasteiger partial charge in [0.05, 0.1) is 5.41 Å². The Morgan fingerprint density at radius 2 is 1.65 bits per heavy atom. The van der Waals surface area contributed by atoms with Crippen LogP contribution < -0.4 is 0 Å². The van der Waals surface area contributed by atoms with Gasteiger partial charge in [-0.2, -0.15) is 0 Å². The summed E-state index contributed by atoms with van der Waals surface area (Å²) in [6, 6.07) is 6.15. The van der Waals surface area contributed by atoms with E-state index in [-0.39, 0.29) is 11.7 Å². The first-order valence-corrected chi connectivity index (χ1v) is 5.98. The number of hydrogen-bond acceptors (Lipinski definition) is 1. The van der Waals surface area contributed by atoms with Gasteiger partial charge in [0.15, 0.2) is 0 Å². The van der Waals surface area contributed by atoms with Crippen LogP contribution in [0.2, 0.25) is 0 Å². The zero-order valence-electron chi connectivity index (χ0n) is 11.0. The number of rotatable bonds is 4. The third-order valence-corrected chi connectivity index (χ3v) is 3.15. The van der Waals surface area contributed by atoms with Crippen molar-refractivity contribution in [1.82, 2.24) is 4.90 Å². The first-order valence-electron chi connectivity index (χ1n) is 5.98. The van der Waals surface area contributed by atoms with E-state index in [4.69, 9.17) is 0 Å². The van der Waals surface area contributed by atoms with Gasteiger partial charge in [-0.05, 0) is 45.4 Å². The van der Waals surface area contributed by atoms with Gasteiger partial charge in [0, 0.05) is 13.1 Å². The molecule has 2 nitrogen and oxygen atoms in total. The molecule has 1 rings (SSSR count). The van der Waals surface area contributed by atoms with Crippen molar-refractivity contribution in [3.8, 4) is 0 Å². The molecular formula is C14H20FNO. The molecule has 1 amide bonds. The van der Waals surface area contributed by atoms with E-state index in [2.05, 4.69) is 0 Å². The fourth-order valence-corrected chi connectivity index (χ4v) is 1.90. The van der Waals surface area contributed by atoms with Crippen molar-refractivity contribution in [3.63, 3.8) is 0 Å². The summed E-state index contributed by atoms with van der Waals surface area (Å²) in [6.07, 6.45) is 0. The van der Waals surface area contributed by atoms with Crippen molar-refractivity contribution in [2.75, 3.05) is 13.1 Å². The molecule has 0 saturated carbocycles. The van der Waals surface area contributed by atoms with Gasteiger partial charge in [-0.3, -0.25) is 4.79 Å².